The predicted molar refractivity (Wildman–Crippen MR) is 69.0 cm³/mol. The molecule has 0 aromatic carbocycles. The molecule has 90 valence electrons. The molecular weight excluding hydrogens is 180 g/mol. The monoisotopic (exact) mass is 210 g/mol. The third-order valence-electron chi connectivity index (χ3n) is 4.16. The highest BCUT2D eigenvalue weighted by Crippen LogP contribution is 2.47. The van der Waals surface area contributed by atoms with Gasteiger partial charge in [0.05, 0.1) is 0 Å². The van der Waals surface area contributed by atoms with Gasteiger partial charge in [-0.05, 0) is 30.1 Å². The lowest BCUT2D eigenvalue weighted by Gasteiger charge is -2.10. The Bertz CT molecular complexity index is 159. The van der Waals surface area contributed by atoms with Crippen molar-refractivity contribution >= 4 is 0 Å². The zero-order chi connectivity index (χ0) is 11.3. The second-order valence-electron chi connectivity index (χ2n) is 6.08. The lowest BCUT2D eigenvalue weighted by Crippen LogP contribution is -1.96. The minimum atomic E-state index is 0.938. The van der Waals surface area contributed by atoms with Crippen LogP contribution in [0.5, 0.6) is 0 Å². The fourth-order valence-corrected chi connectivity index (χ4v) is 2.84. The summed E-state index contributed by atoms with van der Waals surface area (Å²) in [4.78, 5) is 0. The van der Waals surface area contributed by atoms with E-state index in [4.69, 9.17) is 0 Å². The van der Waals surface area contributed by atoms with Crippen molar-refractivity contribution in [3.05, 3.63) is 0 Å². The molecule has 0 saturated heterocycles. The van der Waals surface area contributed by atoms with Gasteiger partial charge in [-0.15, -0.1) is 0 Å². The van der Waals surface area contributed by atoms with Gasteiger partial charge >= 0.3 is 0 Å². The number of rotatable bonds is 8. The quantitative estimate of drug-likeness (QED) is 0.511. The van der Waals surface area contributed by atoms with Crippen LogP contribution in [0, 0.1) is 23.7 Å². The summed E-state index contributed by atoms with van der Waals surface area (Å²) in [5.74, 6) is 4.09. The number of hydrogen-bond acceptors (Lipinski definition) is 0. The Morgan fingerprint density at radius 2 is 1.73 bits per heavy atom. The lowest BCUT2D eigenvalue weighted by molar-refractivity contribution is 0.426. The largest absolute Gasteiger partial charge is 0.0654 e. The molecule has 0 amide bonds. The fraction of sp³-hybridized carbons (Fsp3) is 1.00. The molecule has 0 aromatic rings. The Balaban J connectivity index is 1.93. The van der Waals surface area contributed by atoms with E-state index in [1.54, 1.807) is 0 Å². The summed E-state index contributed by atoms with van der Waals surface area (Å²) < 4.78 is 0. The molecule has 0 nitrogen and oxygen atoms in total. The first-order valence-electron chi connectivity index (χ1n) is 7.15. The van der Waals surface area contributed by atoms with Crippen molar-refractivity contribution in [1.29, 1.82) is 0 Å². The van der Waals surface area contributed by atoms with Crippen LogP contribution in [0.25, 0.3) is 0 Å². The van der Waals surface area contributed by atoms with Crippen LogP contribution in [0.4, 0.5) is 0 Å². The molecular formula is C15H30. The van der Waals surface area contributed by atoms with Crippen molar-refractivity contribution in [3.8, 4) is 0 Å². The van der Waals surface area contributed by atoms with Crippen molar-refractivity contribution in [1.82, 2.24) is 0 Å². The number of hydrogen-bond donors (Lipinski definition) is 0. The highest BCUT2D eigenvalue weighted by Gasteiger charge is 2.38. The molecule has 1 rings (SSSR count). The average molecular weight is 210 g/mol. The molecule has 1 saturated carbocycles. The highest BCUT2D eigenvalue weighted by atomic mass is 14.4. The van der Waals surface area contributed by atoms with Crippen molar-refractivity contribution < 1.29 is 0 Å². The fourth-order valence-electron chi connectivity index (χ4n) is 2.84. The van der Waals surface area contributed by atoms with E-state index >= 15 is 0 Å². The van der Waals surface area contributed by atoms with E-state index in [0.29, 0.717) is 0 Å². The van der Waals surface area contributed by atoms with Gasteiger partial charge in [-0.2, -0.15) is 0 Å². The van der Waals surface area contributed by atoms with E-state index in [2.05, 4.69) is 27.7 Å². The summed E-state index contributed by atoms with van der Waals surface area (Å²) in [6, 6.07) is 0. The molecule has 1 aliphatic carbocycles. The summed E-state index contributed by atoms with van der Waals surface area (Å²) >= 11 is 0. The maximum Gasteiger partial charge on any atom is -0.0360 e. The first-order chi connectivity index (χ1) is 7.15. The highest BCUT2D eigenvalue weighted by molar-refractivity contribution is 4.87. The molecule has 1 aliphatic rings. The molecule has 0 N–H and O–H groups in total. The maximum atomic E-state index is 2.43. The van der Waals surface area contributed by atoms with Gasteiger partial charge in [0.2, 0.25) is 0 Å². The normalized spacial score (nSPS) is 27.0. The second kappa shape index (κ2) is 6.55. The summed E-state index contributed by atoms with van der Waals surface area (Å²) in [5.41, 5.74) is 0. The van der Waals surface area contributed by atoms with Gasteiger partial charge in [0.25, 0.3) is 0 Å². The topological polar surface area (TPSA) is 0 Å². The lowest BCUT2D eigenvalue weighted by atomic mass is 9.96. The van der Waals surface area contributed by atoms with Crippen LogP contribution < -0.4 is 0 Å². The van der Waals surface area contributed by atoms with E-state index < -0.39 is 0 Å². The summed E-state index contributed by atoms with van der Waals surface area (Å²) in [6.07, 6.45) is 10.2. The molecule has 3 unspecified atom stereocenters. The third kappa shape index (κ3) is 5.04. The van der Waals surface area contributed by atoms with Gasteiger partial charge < -0.3 is 0 Å². The Hall–Kier alpha value is 0. The van der Waals surface area contributed by atoms with Gasteiger partial charge in [0.1, 0.15) is 0 Å². The van der Waals surface area contributed by atoms with Crippen molar-refractivity contribution in [2.45, 2.75) is 72.6 Å². The van der Waals surface area contributed by atoms with Crippen LogP contribution in [-0.2, 0) is 0 Å². The van der Waals surface area contributed by atoms with E-state index in [-0.39, 0.29) is 0 Å². The molecule has 0 radical (unpaired) electrons. The molecule has 3 atom stereocenters. The van der Waals surface area contributed by atoms with E-state index in [1.165, 1.54) is 44.9 Å². The standard InChI is InChI=1S/C15H30/c1-5-6-8-13(4)9-7-10-14-11-15(14)12(2)3/h12-15H,5-11H2,1-4H3. The smallest absolute Gasteiger partial charge is 0.0360 e. The third-order valence-corrected chi connectivity index (χ3v) is 4.16. The van der Waals surface area contributed by atoms with E-state index in [0.717, 1.165) is 23.7 Å². The summed E-state index contributed by atoms with van der Waals surface area (Å²) in [7, 11) is 0. The Morgan fingerprint density at radius 3 is 2.27 bits per heavy atom. The minimum absolute atomic E-state index is 0.938. The maximum absolute atomic E-state index is 2.43. The molecule has 0 aliphatic heterocycles. The predicted octanol–water partition coefficient (Wildman–Crippen LogP) is 5.28. The molecule has 0 bridgehead atoms. The van der Waals surface area contributed by atoms with Gasteiger partial charge in [0, 0.05) is 0 Å². The van der Waals surface area contributed by atoms with Crippen LogP contribution in [-0.4, -0.2) is 0 Å². The molecule has 0 heteroatoms. The van der Waals surface area contributed by atoms with E-state index in [1.807, 2.05) is 0 Å². The van der Waals surface area contributed by atoms with Crippen LogP contribution in [0.3, 0.4) is 0 Å². The molecule has 0 spiro atoms. The van der Waals surface area contributed by atoms with Gasteiger partial charge in [-0.25, -0.2) is 0 Å². The minimum Gasteiger partial charge on any atom is -0.0654 e. The molecule has 1 fully saturated rings. The van der Waals surface area contributed by atoms with Gasteiger partial charge in [-0.3, -0.25) is 0 Å². The second-order valence-corrected chi connectivity index (χ2v) is 6.08. The van der Waals surface area contributed by atoms with E-state index in [9.17, 15) is 0 Å². The molecule has 15 heavy (non-hydrogen) atoms. The average Bonchev–Trinajstić information content (AvgIpc) is 2.94. The molecule has 0 heterocycles. The Kier molecular flexibility index (Phi) is 5.71. The van der Waals surface area contributed by atoms with Crippen LogP contribution in [0.2, 0.25) is 0 Å². The van der Waals surface area contributed by atoms with Crippen LogP contribution in [0.15, 0.2) is 0 Å². The van der Waals surface area contributed by atoms with Crippen LogP contribution >= 0.6 is 0 Å². The van der Waals surface area contributed by atoms with Gasteiger partial charge in [0.15, 0.2) is 0 Å². The SMILES string of the molecule is CCCCC(C)CCCC1CC1C(C)C. The van der Waals surface area contributed by atoms with Crippen molar-refractivity contribution in [3.63, 3.8) is 0 Å². The van der Waals surface area contributed by atoms with Crippen LogP contribution in [0.1, 0.15) is 72.6 Å². The summed E-state index contributed by atoms with van der Waals surface area (Å²) in [6.45, 7) is 9.50. The Labute approximate surface area is 96.8 Å². The number of unbranched alkanes of at least 4 members (excludes halogenated alkanes) is 1. The molecule has 0 aromatic heterocycles. The van der Waals surface area contributed by atoms with Gasteiger partial charge in [-0.1, -0.05) is 66.2 Å². The van der Waals surface area contributed by atoms with Crippen molar-refractivity contribution in [2.24, 2.45) is 23.7 Å². The Morgan fingerprint density at radius 1 is 1.07 bits per heavy atom. The van der Waals surface area contributed by atoms with Crippen molar-refractivity contribution in [2.75, 3.05) is 0 Å². The first kappa shape index (κ1) is 13.1. The summed E-state index contributed by atoms with van der Waals surface area (Å²) in [5, 5.41) is 0. The zero-order valence-corrected chi connectivity index (χ0v) is 11.3. The first-order valence-corrected chi connectivity index (χ1v) is 7.15. The zero-order valence-electron chi connectivity index (χ0n) is 11.3.